The van der Waals surface area contributed by atoms with E-state index in [0.29, 0.717) is 17.9 Å². The molecule has 0 aromatic heterocycles. The standard InChI is InChI=1S/C16H14Cl2F2NO2.Y/c1-2-7-23-10-3-4-11(13(18)8-10)14-6-5-12(17)16(22)21(14)9-15(19)20;/h2-4,8,12,15H,1,5,7,9H2;/q-1;. The molecule has 1 unspecified atom stereocenters. The Morgan fingerprint density at radius 1 is 1.50 bits per heavy atom. The van der Waals surface area contributed by atoms with Crippen molar-refractivity contribution in [3.05, 3.63) is 47.5 Å². The van der Waals surface area contributed by atoms with Gasteiger partial charge in [-0.05, 0) is 17.2 Å². The van der Waals surface area contributed by atoms with Crippen molar-refractivity contribution in [1.29, 1.82) is 0 Å². The molecule has 0 aliphatic carbocycles. The first-order valence-electron chi connectivity index (χ1n) is 6.82. The van der Waals surface area contributed by atoms with Crippen LogP contribution in [0.2, 0.25) is 5.02 Å². The number of hydrogen-bond donors (Lipinski definition) is 0. The zero-order chi connectivity index (χ0) is 17.0. The van der Waals surface area contributed by atoms with Crippen LogP contribution < -0.4 is 4.74 Å². The van der Waals surface area contributed by atoms with E-state index < -0.39 is 24.3 Å². The van der Waals surface area contributed by atoms with E-state index in [1.165, 1.54) is 0 Å². The molecule has 0 saturated carbocycles. The molecule has 1 heterocycles. The molecular formula is C16H14Cl2F2NO2Y-. The second kappa shape index (κ2) is 9.86. The van der Waals surface area contributed by atoms with Crippen molar-refractivity contribution in [2.24, 2.45) is 0 Å². The summed E-state index contributed by atoms with van der Waals surface area (Å²) in [5.41, 5.74) is 0.641. The van der Waals surface area contributed by atoms with Crippen LogP contribution in [0.5, 0.6) is 5.75 Å². The van der Waals surface area contributed by atoms with Crippen molar-refractivity contribution in [2.45, 2.75) is 18.2 Å². The van der Waals surface area contributed by atoms with Crippen LogP contribution in [0.15, 0.2) is 30.9 Å². The van der Waals surface area contributed by atoms with Crippen molar-refractivity contribution in [1.82, 2.24) is 4.90 Å². The summed E-state index contributed by atoms with van der Waals surface area (Å²) in [5, 5.41) is -0.624. The Labute approximate surface area is 174 Å². The number of carbonyl (C=O) groups is 1. The third-order valence-corrected chi connectivity index (χ3v) is 3.79. The molecule has 1 aromatic rings. The van der Waals surface area contributed by atoms with Crippen molar-refractivity contribution in [3.63, 3.8) is 0 Å². The molecule has 2 rings (SSSR count). The van der Waals surface area contributed by atoms with Gasteiger partial charge < -0.3 is 9.64 Å². The molecule has 0 spiro atoms. The molecule has 1 radical (unpaired) electrons. The van der Waals surface area contributed by atoms with Gasteiger partial charge >= 0.3 is 0 Å². The Morgan fingerprint density at radius 3 is 2.79 bits per heavy atom. The number of nitrogens with zero attached hydrogens (tertiary/aromatic N) is 1. The topological polar surface area (TPSA) is 29.5 Å². The van der Waals surface area contributed by atoms with E-state index in [-0.39, 0.29) is 49.8 Å². The molecule has 0 N–H and O–H groups in total. The van der Waals surface area contributed by atoms with Crippen LogP contribution in [0.3, 0.4) is 0 Å². The number of allylic oxidation sites excluding steroid dienone is 1. The first-order chi connectivity index (χ1) is 10.9. The van der Waals surface area contributed by atoms with E-state index in [0.717, 1.165) is 4.90 Å². The van der Waals surface area contributed by atoms with Gasteiger partial charge in [0.25, 0.3) is 6.43 Å². The van der Waals surface area contributed by atoms with Gasteiger partial charge in [-0.2, -0.15) is 0 Å². The van der Waals surface area contributed by atoms with Crippen molar-refractivity contribution < 1.29 is 51.0 Å². The first kappa shape index (κ1) is 21.6. The summed E-state index contributed by atoms with van der Waals surface area (Å²) in [6, 6.07) is 4.79. The molecule has 1 aliphatic rings. The average Bonchev–Trinajstić information content (AvgIpc) is 2.50. The maximum atomic E-state index is 12.8. The average molecular weight is 450 g/mol. The summed E-state index contributed by atoms with van der Waals surface area (Å²) >= 11 is 12.0. The number of halogens is 4. The molecule has 3 nitrogen and oxygen atoms in total. The third-order valence-electron chi connectivity index (χ3n) is 3.14. The van der Waals surface area contributed by atoms with E-state index in [4.69, 9.17) is 27.9 Å². The molecule has 1 aromatic carbocycles. The molecular weight excluding hydrogens is 436 g/mol. The van der Waals surface area contributed by atoms with Gasteiger partial charge in [0, 0.05) is 32.7 Å². The number of hydrogen-bond acceptors (Lipinski definition) is 2. The second-order valence-electron chi connectivity index (χ2n) is 4.78. The Balaban J connectivity index is 0.00000288. The number of carbonyl (C=O) groups excluding carboxylic acids is 1. The van der Waals surface area contributed by atoms with Gasteiger partial charge in [0.05, 0.1) is 6.54 Å². The van der Waals surface area contributed by atoms with Gasteiger partial charge in [0.1, 0.15) is 17.7 Å². The van der Waals surface area contributed by atoms with Gasteiger partial charge in [-0.15, -0.1) is 40.5 Å². The second-order valence-corrected chi connectivity index (χ2v) is 5.71. The van der Waals surface area contributed by atoms with Gasteiger partial charge in [0.15, 0.2) is 0 Å². The van der Waals surface area contributed by atoms with E-state index in [9.17, 15) is 13.6 Å². The van der Waals surface area contributed by atoms with Crippen LogP contribution in [0.25, 0.3) is 5.70 Å². The van der Waals surface area contributed by atoms with Crippen LogP contribution in [0, 0.1) is 6.08 Å². The minimum atomic E-state index is -2.69. The molecule has 24 heavy (non-hydrogen) atoms. The number of alkyl halides is 3. The van der Waals surface area contributed by atoms with Crippen LogP contribution in [0.1, 0.15) is 12.0 Å². The molecule has 127 valence electrons. The smallest absolute Gasteiger partial charge is 0.256 e. The predicted octanol–water partition coefficient (Wildman–Crippen LogP) is 4.15. The normalized spacial score (nSPS) is 17.4. The summed E-state index contributed by atoms with van der Waals surface area (Å²) in [5.74, 6) is -0.0687. The summed E-state index contributed by atoms with van der Waals surface area (Å²) in [6.45, 7) is 3.10. The summed E-state index contributed by atoms with van der Waals surface area (Å²) in [6.07, 6.45) is 1.93. The van der Waals surface area contributed by atoms with Gasteiger partial charge in [-0.25, -0.2) is 14.9 Å². The van der Waals surface area contributed by atoms with Crippen molar-refractivity contribution in [3.8, 4) is 5.75 Å². The quantitative estimate of drug-likeness (QED) is 0.371. The van der Waals surface area contributed by atoms with Crippen molar-refractivity contribution >= 4 is 34.8 Å². The minimum absolute atomic E-state index is 0. The maximum absolute atomic E-state index is 12.8. The minimum Gasteiger partial charge on any atom is -0.490 e. The number of rotatable bonds is 6. The Kier molecular flexibility index (Phi) is 8.85. The molecule has 0 fully saturated rings. The van der Waals surface area contributed by atoms with Gasteiger partial charge in [-0.3, -0.25) is 4.79 Å². The largest absolute Gasteiger partial charge is 0.490 e. The monoisotopic (exact) mass is 449 g/mol. The Morgan fingerprint density at radius 2 is 2.21 bits per heavy atom. The molecule has 1 atom stereocenters. The van der Waals surface area contributed by atoms with Crippen LogP contribution >= 0.6 is 23.2 Å². The van der Waals surface area contributed by atoms with Crippen LogP contribution in [-0.2, 0) is 37.5 Å². The SMILES string of the molecule is C=CCOc1ccc(C2=[C-]CC(Cl)C(=O)N2CC(F)F)c(Cl)c1.[Y]. The van der Waals surface area contributed by atoms with E-state index >= 15 is 0 Å². The molecule has 8 heteroatoms. The Hall–Kier alpha value is -0.486. The van der Waals surface area contributed by atoms with E-state index in [1.54, 1.807) is 24.3 Å². The summed E-state index contributed by atoms with van der Waals surface area (Å²) in [7, 11) is 0. The third kappa shape index (κ3) is 5.25. The Bertz CT molecular complexity index is 641. The van der Waals surface area contributed by atoms with E-state index in [1.807, 2.05) is 0 Å². The molecule has 0 bridgehead atoms. The summed E-state index contributed by atoms with van der Waals surface area (Å²) in [4.78, 5) is 13.0. The zero-order valence-electron chi connectivity index (χ0n) is 12.6. The summed E-state index contributed by atoms with van der Waals surface area (Å²) < 4.78 is 30.9. The molecule has 1 amide bonds. The predicted molar refractivity (Wildman–Crippen MR) is 85.8 cm³/mol. The first-order valence-corrected chi connectivity index (χ1v) is 7.63. The van der Waals surface area contributed by atoms with Crippen molar-refractivity contribution in [2.75, 3.05) is 13.2 Å². The number of amides is 1. The zero-order valence-corrected chi connectivity index (χ0v) is 17.0. The van der Waals surface area contributed by atoms with Gasteiger partial charge in [0.2, 0.25) is 5.91 Å². The van der Waals surface area contributed by atoms with Crippen LogP contribution in [-0.4, -0.2) is 35.8 Å². The fraction of sp³-hybridized carbons (Fsp3) is 0.312. The van der Waals surface area contributed by atoms with E-state index in [2.05, 4.69) is 12.7 Å². The number of benzene rings is 1. The fourth-order valence-electron chi connectivity index (χ4n) is 2.14. The maximum Gasteiger partial charge on any atom is 0.256 e. The van der Waals surface area contributed by atoms with Gasteiger partial charge in [-0.1, -0.05) is 19.1 Å². The molecule has 0 saturated heterocycles. The number of ether oxygens (including phenoxy) is 1. The molecule has 1 aliphatic heterocycles. The fourth-order valence-corrected chi connectivity index (χ4v) is 2.60. The van der Waals surface area contributed by atoms with Crippen LogP contribution in [0.4, 0.5) is 8.78 Å².